The zero-order chi connectivity index (χ0) is 8.53. The predicted octanol–water partition coefficient (Wildman–Crippen LogP) is 2.88. The summed E-state index contributed by atoms with van der Waals surface area (Å²) < 4.78 is 0. The molecule has 0 aromatic rings. The van der Waals surface area contributed by atoms with Gasteiger partial charge in [-0.15, -0.1) is 6.58 Å². The van der Waals surface area contributed by atoms with Crippen molar-refractivity contribution in [2.45, 2.75) is 32.6 Å². The van der Waals surface area contributed by atoms with Crippen molar-refractivity contribution < 1.29 is 4.79 Å². The molecule has 1 nitrogen and oxygen atoms in total. The van der Waals surface area contributed by atoms with E-state index in [1.54, 1.807) is 6.08 Å². The zero-order valence-electron chi connectivity index (χ0n) is 7.18. The van der Waals surface area contributed by atoms with Crippen LogP contribution < -0.4 is 0 Å². The number of carbonyl (C=O) groups excluding carboxylic acids is 1. The minimum absolute atomic E-state index is 0.846. The Morgan fingerprint density at radius 2 is 2.27 bits per heavy atom. The molecule has 1 heteroatoms. The van der Waals surface area contributed by atoms with E-state index in [0.717, 1.165) is 25.5 Å². The standard InChI is InChI=1S/C10H16O/c1-3-5-7-10(6-4-2)8-9-11/h4,8-9H,2-3,5-7H2,1H3/b10-8+. The number of hydrogen-bond acceptors (Lipinski definition) is 1. The van der Waals surface area contributed by atoms with Gasteiger partial charge in [0.1, 0.15) is 6.29 Å². The normalized spacial score (nSPS) is 11.2. The molecule has 0 unspecified atom stereocenters. The van der Waals surface area contributed by atoms with Gasteiger partial charge >= 0.3 is 0 Å². The van der Waals surface area contributed by atoms with E-state index in [9.17, 15) is 4.79 Å². The third kappa shape index (κ3) is 5.59. The largest absolute Gasteiger partial charge is 0.299 e. The molecule has 0 atom stereocenters. The van der Waals surface area contributed by atoms with Gasteiger partial charge in [0.25, 0.3) is 0 Å². The van der Waals surface area contributed by atoms with Crippen LogP contribution in [0.4, 0.5) is 0 Å². The van der Waals surface area contributed by atoms with Crippen LogP contribution in [0.3, 0.4) is 0 Å². The van der Waals surface area contributed by atoms with E-state index in [1.807, 2.05) is 6.08 Å². The average Bonchev–Trinajstić information content (AvgIpc) is 2.01. The topological polar surface area (TPSA) is 17.1 Å². The Bertz CT molecular complexity index is 145. The minimum Gasteiger partial charge on any atom is -0.299 e. The van der Waals surface area contributed by atoms with E-state index in [2.05, 4.69) is 13.5 Å². The van der Waals surface area contributed by atoms with Gasteiger partial charge in [0.05, 0.1) is 0 Å². The predicted molar refractivity (Wildman–Crippen MR) is 48.5 cm³/mol. The summed E-state index contributed by atoms with van der Waals surface area (Å²) in [5.74, 6) is 0. The molecule has 0 aliphatic carbocycles. The molecular formula is C10H16O. The zero-order valence-corrected chi connectivity index (χ0v) is 7.18. The molecule has 0 rings (SSSR count). The quantitative estimate of drug-likeness (QED) is 0.325. The van der Waals surface area contributed by atoms with Crippen LogP contribution in [-0.4, -0.2) is 6.29 Å². The lowest BCUT2D eigenvalue weighted by Crippen LogP contribution is -1.82. The van der Waals surface area contributed by atoms with Crippen LogP contribution in [0.2, 0.25) is 0 Å². The van der Waals surface area contributed by atoms with Gasteiger partial charge in [-0.25, -0.2) is 0 Å². The van der Waals surface area contributed by atoms with Crippen LogP contribution in [0.25, 0.3) is 0 Å². The maximum atomic E-state index is 10.1. The molecule has 0 aliphatic rings. The Labute approximate surface area is 68.8 Å². The Hall–Kier alpha value is -0.850. The fourth-order valence-electron chi connectivity index (χ4n) is 0.939. The van der Waals surface area contributed by atoms with Crippen LogP contribution in [0.1, 0.15) is 32.6 Å². The number of allylic oxidation sites excluding steroid dienone is 3. The van der Waals surface area contributed by atoms with Crippen LogP contribution in [0.15, 0.2) is 24.3 Å². The summed E-state index contributed by atoms with van der Waals surface area (Å²) in [6.45, 7) is 5.78. The molecule has 0 N–H and O–H groups in total. The van der Waals surface area contributed by atoms with Gasteiger partial charge in [0.15, 0.2) is 0 Å². The summed E-state index contributed by atoms with van der Waals surface area (Å²) in [5, 5.41) is 0. The first-order chi connectivity index (χ1) is 5.35. The first-order valence-corrected chi connectivity index (χ1v) is 4.09. The number of hydrogen-bond donors (Lipinski definition) is 0. The van der Waals surface area contributed by atoms with Gasteiger partial charge in [-0.1, -0.05) is 25.0 Å². The highest BCUT2D eigenvalue weighted by Gasteiger charge is 1.92. The number of rotatable bonds is 6. The third-order valence-corrected chi connectivity index (χ3v) is 1.56. The molecule has 0 heterocycles. The van der Waals surface area contributed by atoms with Crippen LogP contribution in [0.5, 0.6) is 0 Å². The van der Waals surface area contributed by atoms with Crippen molar-refractivity contribution >= 4 is 6.29 Å². The van der Waals surface area contributed by atoms with Crippen molar-refractivity contribution in [2.75, 3.05) is 0 Å². The van der Waals surface area contributed by atoms with E-state index < -0.39 is 0 Å². The highest BCUT2D eigenvalue weighted by atomic mass is 16.1. The molecule has 0 amide bonds. The monoisotopic (exact) mass is 152 g/mol. The summed E-state index contributed by atoms with van der Waals surface area (Å²) in [7, 11) is 0. The molecule has 0 saturated carbocycles. The van der Waals surface area contributed by atoms with E-state index >= 15 is 0 Å². The molecular weight excluding hydrogens is 136 g/mol. The summed E-state index contributed by atoms with van der Waals surface area (Å²) >= 11 is 0. The first kappa shape index (κ1) is 10.2. The second-order valence-corrected chi connectivity index (χ2v) is 2.56. The Morgan fingerprint density at radius 1 is 1.55 bits per heavy atom. The lowest BCUT2D eigenvalue weighted by Gasteiger charge is -2.00. The van der Waals surface area contributed by atoms with Crippen molar-refractivity contribution in [3.63, 3.8) is 0 Å². The highest BCUT2D eigenvalue weighted by Crippen LogP contribution is 2.10. The number of carbonyl (C=O) groups is 1. The molecule has 62 valence electrons. The lowest BCUT2D eigenvalue weighted by atomic mass is 10.1. The Kier molecular flexibility index (Phi) is 6.70. The van der Waals surface area contributed by atoms with E-state index in [-0.39, 0.29) is 0 Å². The Balaban J connectivity index is 3.78. The SMILES string of the molecule is C=CC/C(=C\C=O)CCCC. The first-order valence-electron chi connectivity index (χ1n) is 4.09. The van der Waals surface area contributed by atoms with E-state index in [4.69, 9.17) is 0 Å². The van der Waals surface area contributed by atoms with Gasteiger partial charge in [-0.3, -0.25) is 4.79 Å². The highest BCUT2D eigenvalue weighted by molar-refractivity contribution is 5.66. The smallest absolute Gasteiger partial charge is 0.142 e. The fourth-order valence-corrected chi connectivity index (χ4v) is 0.939. The third-order valence-electron chi connectivity index (χ3n) is 1.56. The summed E-state index contributed by atoms with van der Waals surface area (Å²) in [6.07, 6.45) is 8.55. The molecule has 0 bridgehead atoms. The second kappa shape index (κ2) is 7.26. The van der Waals surface area contributed by atoms with Crippen molar-refractivity contribution in [1.29, 1.82) is 0 Å². The summed E-state index contributed by atoms with van der Waals surface area (Å²) in [4.78, 5) is 10.1. The van der Waals surface area contributed by atoms with Crippen LogP contribution in [0, 0.1) is 0 Å². The summed E-state index contributed by atoms with van der Waals surface area (Å²) in [5.41, 5.74) is 1.19. The van der Waals surface area contributed by atoms with Gasteiger partial charge in [-0.05, 0) is 25.3 Å². The van der Waals surface area contributed by atoms with Crippen molar-refractivity contribution in [3.8, 4) is 0 Å². The van der Waals surface area contributed by atoms with E-state index in [1.165, 1.54) is 12.0 Å². The lowest BCUT2D eigenvalue weighted by molar-refractivity contribution is -0.104. The van der Waals surface area contributed by atoms with Crippen molar-refractivity contribution in [1.82, 2.24) is 0 Å². The minimum atomic E-state index is 0.846. The molecule has 0 aromatic heterocycles. The second-order valence-electron chi connectivity index (χ2n) is 2.56. The molecule has 0 aliphatic heterocycles. The van der Waals surface area contributed by atoms with Crippen molar-refractivity contribution in [2.24, 2.45) is 0 Å². The van der Waals surface area contributed by atoms with Crippen LogP contribution in [-0.2, 0) is 4.79 Å². The Morgan fingerprint density at radius 3 is 2.73 bits per heavy atom. The average molecular weight is 152 g/mol. The maximum Gasteiger partial charge on any atom is 0.142 e. The van der Waals surface area contributed by atoms with Crippen LogP contribution >= 0.6 is 0 Å². The van der Waals surface area contributed by atoms with Gasteiger partial charge in [-0.2, -0.15) is 0 Å². The molecule has 0 saturated heterocycles. The maximum absolute atomic E-state index is 10.1. The molecule has 11 heavy (non-hydrogen) atoms. The van der Waals surface area contributed by atoms with Gasteiger partial charge < -0.3 is 0 Å². The van der Waals surface area contributed by atoms with Crippen molar-refractivity contribution in [3.05, 3.63) is 24.3 Å². The fraction of sp³-hybridized carbons (Fsp3) is 0.500. The summed E-state index contributed by atoms with van der Waals surface area (Å²) in [6, 6.07) is 0. The molecule has 0 radical (unpaired) electrons. The van der Waals surface area contributed by atoms with Gasteiger partial charge in [0, 0.05) is 0 Å². The number of unbranched alkanes of at least 4 members (excludes halogenated alkanes) is 1. The molecule has 0 spiro atoms. The van der Waals surface area contributed by atoms with E-state index in [0.29, 0.717) is 0 Å². The molecule has 0 aromatic carbocycles. The number of aldehydes is 1. The molecule has 0 fully saturated rings. The van der Waals surface area contributed by atoms with Gasteiger partial charge in [0.2, 0.25) is 0 Å².